The van der Waals surface area contributed by atoms with Crippen LogP contribution in [0, 0.1) is 6.92 Å². The number of methoxy groups -OCH3 is 5. The maximum Gasteiger partial charge on any atom is 0.341 e. The van der Waals surface area contributed by atoms with Gasteiger partial charge in [0, 0.05) is 35.5 Å². The maximum atomic E-state index is 12.5. The third kappa shape index (κ3) is 5.01. The van der Waals surface area contributed by atoms with Gasteiger partial charge in [-0.25, -0.2) is 4.79 Å². The molecule has 3 aromatic rings. The Morgan fingerprint density at radius 2 is 1.53 bits per heavy atom. The summed E-state index contributed by atoms with van der Waals surface area (Å²) in [6.45, 7) is 2.20. The number of hydrogen-bond donors (Lipinski definition) is 0. The van der Waals surface area contributed by atoms with E-state index in [1.807, 2.05) is 25.1 Å². The van der Waals surface area contributed by atoms with Gasteiger partial charge in [0.05, 0.1) is 35.5 Å². The van der Waals surface area contributed by atoms with Gasteiger partial charge in [0.2, 0.25) is 11.5 Å². The normalized spacial score (nSPS) is 10.4. The highest BCUT2D eigenvalue weighted by molar-refractivity contribution is 5.92. The van der Waals surface area contributed by atoms with Crippen molar-refractivity contribution >= 4 is 5.97 Å². The number of nitrogens with zero attached hydrogens (tertiary/aromatic N) is 1. The first kappa shape index (κ1) is 24.7. The second kappa shape index (κ2) is 11.3. The van der Waals surface area contributed by atoms with E-state index >= 15 is 0 Å². The molecule has 0 N–H and O–H groups in total. The lowest BCUT2D eigenvalue weighted by atomic mass is 9.96. The van der Waals surface area contributed by atoms with Crippen molar-refractivity contribution in [3.63, 3.8) is 0 Å². The van der Waals surface area contributed by atoms with Crippen LogP contribution < -0.4 is 23.7 Å². The molecule has 0 saturated heterocycles. The van der Waals surface area contributed by atoms with Crippen LogP contribution in [-0.2, 0) is 17.8 Å². The Morgan fingerprint density at radius 1 is 0.853 bits per heavy atom. The monoisotopic (exact) mass is 467 g/mol. The van der Waals surface area contributed by atoms with Crippen molar-refractivity contribution in [2.24, 2.45) is 0 Å². The minimum absolute atomic E-state index is 0.275. The zero-order chi connectivity index (χ0) is 24.7. The molecule has 0 aliphatic rings. The lowest BCUT2D eigenvalue weighted by molar-refractivity contribution is 0.0595. The minimum atomic E-state index is -0.489. The number of carbonyl (C=O) groups is 1. The second-order valence-electron chi connectivity index (χ2n) is 7.39. The van der Waals surface area contributed by atoms with Crippen molar-refractivity contribution in [2.75, 3.05) is 35.5 Å². The lowest BCUT2D eigenvalue weighted by Crippen LogP contribution is -2.08. The molecule has 3 rings (SSSR count). The molecule has 1 heterocycles. The third-order valence-corrected chi connectivity index (χ3v) is 5.45. The fourth-order valence-electron chi connectivity index (χ4n) is 3.80. The van der Waals surface area contributed by atoms with E-state index in [1.165, 1.54) is 7.11 Å². The average Bonchev–Trinajstić information content (AvgIpc) is 2.88. The summed E-state index contributed by atoms with van der Waals surface area (Å²) in [7, 11) is 7.58. The predicted molar refractivity (Wildman–Crippen MR) is 127 cm³/mol. The predicted octanol–water partition coefficient (Wildman–Crippen LogP) is 4.38. The van der Waals surface area contributed by atoms with E-state index in [9.17, 15) is 4.79 Å². The van der Waals surface area contributed by atoms with Gasteiger partial charge in [0.25, 0.3) is 0 Å². The summed E-state index contributed by atoms with van der Waals surface area (Å²) in [5.41, 5.74) is 3.75. The molecule has 0 aliphatic carbocycles. The molecule has 0 bridgehead atoms. The Labute approximate surface area is 199 Å². The summed E-state index contributed by atoms with van der Waals surface area (Å²) in [6.07, 6.45) is 3.85. The van der Waals surface area contributed by atoms with E-state index in [0.717, 1.165) is 22.3 Å². The zero-order valence-electron chi connectivity index (χ0n) is 20.3. The van der Waals surface area contributed by atoms with Gasteiger partial charge < -0.3 is 28.4 Å². The Kier molecular flexibility index (Phi) is 8.19. The van der Waals surface area contributed by atoms with Crippen molar-refractivity contribution in [3.8, 4) is 28.7 Å². The number of benzene rings is 2. The third-order valence-electron chi connectivity index (χ3n) is 5.45. The van der Waals surface area contributed by atoms with Gasteiger partial charge in [-0.3, -0.25) is 4.98 Å². The Balaban J connectivity index is 2.02. The summed E-state index contributed by atoms with van der Waals surface area (Å²) < 4.78 is 33.3. The number of hydrogen-bond acceptors (Lipinski definition) is 8. The first-order valence-electron chi connectivity index (χ1n) is 10.6. The topological polar surface area (TPSA) is 85.3 Å². The van der Waals surface area contributed by atoms with Gasteiger partial charge in [-0.2, -0.15) is 0 Å². The zero-order valence-corrected chi connectivity index (χ0v) is 20.3. The molecule has 0 amide bonds. The summed E-state index contributed by atoms with van der Waals surface area (Å²) in [5.74, 6) is 1.92. The fourth-order valence-corrected chi connectivity index (χ4v) is 3.80. The molecule has 0 saturated carbocycles. The fraction of sp³-hybridized carbons (Fsp3) is 0.308. The van der Waals surface area contributed by atoms with Crippen molar-refractivity contribution in [1.82, 2.24) is 4.98 Å². The summed E-state index contributed by atoms with van der Waals surface area (Å²) in [5, 5.41) is 0. The quantitative estimate of drug-likeness (QED) is 0.406. The molecule has 0 radical (unpaired) electrons. The van der Waals surface area contributed by atoms with E-state index < -0.39 is 5.97 Å². The lowest BCUT2D eigenvalue weighted by Gasteiger charge is -2.22. The molecule has 8 heteroatoms. The van der Waals surface area contributed by atoms with Gasteiger partial charge in [-0.1, -0.05) is 12.1 Å². The highest BCUT2D eigenvalue weighted by atomic mass is 16.5. The van der Waals surface area contributed by atoms with Gasteiger partial charge in [-0.05, 0) is 30.7 Å². The summed E-state index contributed by atoms with van der Waals surface area (Å²) in [6, 6.07) is 9.14. The average molecular weight is 468 g/mol. The first-order chi connectivity index (χ1) is 16.5. The Morgan fingerprint density at radius 3 is 2.12 bits per heavy atom. The molecule has 0 fully saturated rings. The summed E-state index contributed by atoms with van der Waals surface area (Å²) in [4.78, 5) is 16.6. The first-order valence-corrected chi connectivity index (χ1v) is 10.6. The molecule has 1 aromatic heterocycles. The van der Waals surface area contributed by atoms with Crippen LogP contribution in [0.5, 0.6) is 28.7 Å². The highest BCUT2D eigenvalue weighted by Gasteiger charge is 2.26. The van der Waals surface area contributed by atoms with Crippen molar-refractivity contribution < 1.29 is 33.2 Å². The molecular formula is C26H29NO7. The largest absolute Gasteiger partial charge is 0.492 e. The van der Waals surface area contributed by atoms with Crippen LogP contribution >= 0.6 is 0 Å². The molecule has 0 aliphatic heterocycles. The van der Waals surface area contributed by atoms with Gasteiger partial charge >= 0.3 is 5.97 Å². The van der Waals surface area contributed by atoms with Gasteiger partial charge in [-0.15, -0.1) is 0 Å². The number of esters is 1. The standard InChI is InChI=1S/C26H29NO7/c1-16-19(23(30-3)25(32-5)24(31-4)22(16)29-2)12-17-9-10-21(20(13-17)26(28)33-6)34-15-18-8-7-11-27-14-18/h7-11,13-14H,12,15H2,1-6H3. The molecule has 0 atom stereocenters. The van der Waals surface area contributed by atoms with Crippen molar-refractivity contribution in [1.29, 1.82) is 0 Å². The molecule has 180 valence electrons. The number of aromatic nitrogens is 1. The molecule has 0 unspecified atom stereocenters. The Bertz CT molecular complexity index is 1150. The highest BCUT2D eigenvalue weighted by Crippen LogP contribution is 2.49. The van der Waals surface area contributed by atoms with E-state index in [0.29, 0.717) is 40.7 Å². The van der Waals surface area contributed by atoms with Crippen molar-refractivity contribution in [2.45, 2.75) is 20.0 Å². The van der Waals surface area contributed by atoms with Crippen LogP contribution in [0.25, 0.3) is 0 Å². The smallest absolute Gasteiger partial charge is 0.341 e. The molecule has 0 spiro atoms. The van der Waals surface area contributed by atoms with E-state index in [2.05, 4.69) is 4.98 Å². The van der Waals surface area contributed by atoms with Crippen molar-refractivity contribution in [3.05, 3.63) is 70.5 Å². The number of ether oxygens (including phenoxy) is 6. The van der Waals surface area contributed by atoms with Crippen LogP contribution in [-0.4, -0.2) is 46.5 Å². The number of pyridine rings is 1. The number of carbonyl (C=O) groups excluding carboxylic acids is 1. The molecular weight excluding hydrogens is 438 g/mol. The van der Waals surface area contributed by atoms with Gasteiger partial charge in [0.1, 0.15) is 17.9 Å². The summed E-state index contributed by atoms with van der Waals surface area (Å²) >= 11 is 0. The number of rotatable bonds is 10. The molecule has 8 nitrogen and oxygen atoms in total. The second-order valence-corrected chi connectivity index (χ2v) is 7.39. The van der Waals surface area contributed by atoms with E-state index in [1.54, 1.807) is 53.0 Å². The van der Waals surface area contributed by atoms with Crippen LogP contribution in [0.15, 0.2) is 42.7 Å². The maximum absolute atomic E-state index is 12.5. The molecule has 34 heavy (non-hydrogen) atoms. The SMILES string of the molecule is COC(=O)c1cc(Cc2c(C)c(OC)c(OC)c(OC)c2OC)ccc1OCc1cccnc1. The minimum Gasteiger partial charge on any atom is -0.492 e. The van der Waals surface area contributed by atoms with Gasteiger partial charge in [0.15, 0.2) is 11.5 Å². The Hall–Kier alpha value is -3.94. The van der Waals surface area contributed by atoms with E-state index in [-0.39, 0.29) is 6.61 Å². The van der Waals surface area contributed by atoms with Crippen LogP contribution in [0.1, 0.15) is 32.6 Å². The molecule has 2 aromatic carbocycles. The van der Waals surface area contributed by atoms with E-state index in [4.69, 9.17) is 28.4 Å². The van der Waals surface area contributed by atoms with Crippen LogP contribution in [0.3, 0.4) is 0 Å². The van der Waals surface area contributed by atoms with Crippen LogP contribution in [0.2, 0.25) is 0 Å². The van der Waals surface area contributed by atoms with Crippen LogP contribution in [0.4, 0.5) is 0 Å².